The Bertz CT molecular complexity index is 480. The maximum Gasteiger partial charge on any atom is 0.235 e. The van der Waals surface area contributed by atoms with E-state index in [0.717, 1.165) is 24.8 Å². The molecule has 0 aliphatic heterocycles. The number of anilines is 1. The summed E-state index contributed by atoms with van der Waals surface area (Å²) in [4.78, 5) is 0. The molecule has 17 heavy (non-hydrogen) atoms. The average molecular weight is 255 g/mol. The third-order valence-corrected chi connectivity index (χ3v) is 4.64. The molecule has 94 valence electrons. The lowest BCUT2D eigenvalue weighted by atomic mass is 10.1. The molecule has 0 unspecified atom stereocenters. The van der Waals surface area contributed by atoms with Crippen LogP contribution in [0.4, 0.5) is 5.69 Å². The molecule has 1 saturated carbocycles. The minimum atomic E-state index is -3.18. The number of aliphatic hydroxyl groups excluding tert-OH is 1. The standard InChI is InChI=1S/C12H17NO3S/c14-8-2-4-10-3-1-5-11(9-10)13-17(15,16)12-6-7-12/h1,3,5,9,12-14H,2,4,6-8H2. The van der Waals surface area contributed by atoms with Crippen molar-refractivity contribution in [2.45, 2.75) is 30.9 Å². The monoisotopic (exact) mass is 255 g/mol. The Balaban J connectivity index is 2.05. The molecule has 0 spiro atoms. The Morgan fingerprint density at radius 1 is 1.35 bits per heavy atom. The van der Waals surface area contributed by atoms with Crippen LogP contribution in [0.5, 0.6) is 0 Å². The van der Waals surface area contributed by atoms with Crippen molar-refractivity contribution >= 4 is 15.7 Å². The van der Waals surface area contributed by atoms with Gasteiger partial charge >= 0.3 is 0 Å². The normalized spacial score (nSPS) is 15.8. The first-order chi connectivity index (χ1) is 8.12. The van der Waals surface area contributed by atoms with Crippen molar-refractivity contribution in [1.29, 1.82) is 0 Å². The molecule has 2 N–H and O–H groups in total. The molecule has 0 saturated heterocycles. The molecule has 1 aliphatic carbocycles. The molecule has 1 aromatic rings. The van der Waals surface area contributed by atoms with Crippen molar-refractivity contribution in [1.82, 2.24) is 0 Å². The smallest absolute Gasteiger partial charge is 0.235 e. The van der Waals surface area contributed by atoms with Gasteiger partial charge in [-0.15, -0.1) is 0 Å². The number of nitrogens with one attached hydrogen (secondary N) is 1. The van der Waals surface area contributed by atoms with Crippen molar-refractivity contribution in [2.24, 2.45) is 0 Å². The Morgan fingerprint density at radius 3 is 2.76 bits per heavy atom. The van der Waals surface area contributed by atoms with Crippen molar-refractivity contribution < 1.29 is 13.5 Å². The van der Waals surface area contributed by atoms with E-state index in [9.17, 15) is 8.42 Å². The summed E-state index contributed by atoms with van der Waals surface area (Å²) >= 11 is 0. The van der Waals surface area contributed by atoms with Gasteiger partial charge in [0.25, 0.3) is 0 Å². The maximum atomic E-state index is 11.7. The minimum Gasteiger partial charge on any atom is -0.396 e. The lowest BCUT2D eigenvalue weighted by molar-refractivity contribution is 0.288. The molecule has 0 heterocycles. The summed E-state index contributed by atoms with van der Waals surface area (Å²) in [5, 5.41) is 8.55. The second kappa shape index (κ2) is 5.06. The molecule has 2 rings (SSSR count). The van der Waals surface area contributed by atoms with Gasteiger partial charge in [-0.25, -0.2) is 8.42 Å². The van der Waals surface area contributed by atoms with Gasteiger partial charge in [0.1, 0.15) is 0 Å². The van der Waals surface area contributed by atoms with E-state index < -0.39 is 10.0 Å². The van der Waals surface area contributed by atoms with Crippen LogP contribution in [0.1, 0.15) is 24.8 Å². The van der Waals surface area contributed by atoms with E-state index in [4.69, 9.17) is 5.11 Å². The van der Waals surface area contributed by atoms with Crippen molar-refractivity contribution in [3.63, 3.8) is 0 Å². The first kappa shape index (κ1) is 12.4. The van der Waals surface area contributed by atoms with E-state index in [1.165, 1.54) is 0 Å². The van der Waals surface area contributed by atoms with Gasteiger partial charge in [-0.3, -0.25) is 4.72 Å². The molecule has 4 nitrogen and oxygen atoms in total. The van der Waals surface area contributed by atoms with Crippen LogP contribution in [-0.2, 0) is 16.4 Å². The number of aliphatic hydroxyl groups is 1. The summed E-state index contributed by atoms with van der Waals surface area (Å²) in [5.41, 5.74) is 1.65. The second-order valence-corrected chi connectivity index (χ2v) is 6.33. The number of hydrogen-bond donors (Lipinski definition) is 2. The molecule has 0 bridgehead atoms. The van der Waals surface area contributed by atoms with E-state index in [2.05, 4.69) is 4.72 Å². The van der Waals surface area contributed by atoms with Crippen molar-refractivity contribution in [3.8, 4) is 0 Å². The number of sulfonamides is 1. The third kappa shape index (κ3) is 3.44. The van der Waals surface area contributed by atoms with Crippen LogP contribution in [0, 0.1) is 0 Å². The summed E-state index contributed by atoms with van der Waals surface area (Å²) in [5.74, 6) is 0. The number of hydrogen-bond acceptors (Lipinski definition) is 3. The van der Waals surface area contributed by atoms with Gasteiger partial charge in [-0.1, -0.05) is 12.1 Å². The van der Waals surface area contributed by atoms with Gasteiger partial charge < -0.3 is 5.11 Å². The second-order valence-electron chi connectivity index (χ2n) is 4.37. The molecular weight excluding hydrogens is 238 g/mol. The predicted molar refractivity (Wildman–Crippen MR) is 67.4 cm³/mol. The Kier molecular flexibility index (Phi) is 3.69. The zero-order valence-electron chi connectivity index (χ0n) is 9.59. The molecule has 1 fully saturated rings. The molecule has 0 aromatic heterocycles. The molecule has 1 aromatic carbocycles. The quantitative estimate of drug-likeness (QED) is 0.810. The van der Waals surface area contributed by atoms with E-state index >= 15 is 0 Å². The fourth-order valence-electron chi connectivity index (χ4n) is 1.70. The lowest BCUT2D eigenvalue weighted by Gasteiger charge is -2.08. The van der Waals surface area contributed by atoms with Crippen LogP contribution in [-0.4, -0.2) is 25.4 Å². The first-order valence-corrected chi connectivity index (χ1v) is 7.38. The van der Waals surface area contributed by atoms with Crippen LogP contribution in [0.15, 0.2) is 24.3 Å². The molecule has 0 radical (unpaired) electrons. The topological polar surface area (TPSA) is 66.4 Å². The van der Waals surface area contributed by atoms with Gasteiger partial charge in [-0.2, -0.15) is 0 Å². The number of aryl methyl sites for hydroxylation is 1. The highest BCUT2D eigenvalue weighted by Crippen LogP contribution is 2.29. The van der Waals surface area contributed by atoms with Crippen LogP contribution in [0.3, 0.4) is 0 Å². The molecule has 1 aliphatic rings. The Labute approximate surface area is 102 Å². The molecule has 5 heteroatoms. The van der Waals surface area contributed by atoms with Crippen LogP contribution in [0.2, 0.25) is 0 Å². The number of rotatable bonds is 6. The molecular formula is C12H17NO3S. The van der Waals surface area contributed by atoms with Crippen molar-refractivity contribution in [2.75, 3.05) is 11.3 Å². The summed E-state index contributed by atoms with van der Waals surface area (Å²) < 4.78 is 26.1. The fourth-order valence-corrected chi connectivity index (χ4v) is 3.08. The minimum absolute atomic E-state index is 0.151. The average Bonchev–Trinajstić information content (AvgIpc) is 3.10. The van der Waals surface area contributed by atoms with Gasteiger partial charge in [0.05, 0.1) is 5.25 Å². The van der Waals surface area contributed by atoms with Gasteiger partial charge in [-0.05, 0) is 43.4 Å². The van der Waals surface area contributed by atoms with E-state index in [0.29, 0.717) is 12.1 Å². The molecule has 0 atom stereocenters. The summed E-state index contributed by atoms with van der Waals surface area (Å²) in [6, 6.07) is 7.35. The first-order valence-electron chi connectivity index (χ1n) is 5.83. The van der Waals surface area contributed by atoms with E-state index in [1.807, 2.05) is 18.2 Å². The van der Waals surface area contributed by atoms with Gasteiger partial charge in [0, 0.05) is 12.3 Å². The number of benzene rings is 1. The zero-order chi connectivity index (χ0) is 12.3. The SMILES string of the molecule is O=S(=O)(Nc1cccc(CCCO)c1)C1CC1. The summed E-state index contributed by atoms with van der Waals surface area (Å²) in [7, 11) is -3.18. The Morgan fingerprint density at radius 2 is 2.12 bits per heavy atom. The Hall–Kier alpha value is -1.07. The lowest BCUT2D eigenvalue weighted by Crippen LogP contribution is -2.17. The van der Waals surface area contributed by atoms with Gasteiger partial charge in [0.15, 0.2) is 0 Å². The molecule has 0 amide bonds. The third-order valence-electron chi connectivity index (χ3n) is 2.77. The van der Waals surface area contributed by atoms with E-state index in [-0.39, 0.29) is 11.9 Å². The zero-order valence-corrected chi connectivity index (χ0v) is 10.4. The highest BCUT2D eigenvalue weighted by molar-refractivity contribution is 7.93. The highest BCUT2D eigenvalue weighted by atomic mass is 32.2. The van der Waals surface area contributed by atoms with E-state index in [1.54, 1.807) is 6.07 Å². The van der Waals surface area contributed by atoms with Crippen LogP contribution in [0.25, 0.3) is 0 Å². The maximum absolute atomic E-state index is 11.7. The van der Waals surface area contributed by atoms with Crippen LogP contribution < -0.4 is 4.72 Å². The van der Waals surface area contributed by atoms with Crippen LogP contribution >= 0.6 is 0 Å². The summed E-state index contributed by atoms with van der Waals surface area (Å²) in [6.45, 7) is 0.151. The summed E-state index contributed by atoms with van der Waals surface area (Å²) in [6.07, 6.45) is 2.98. The van der Waals surface area contributed by atoms with Crippen molar-refractivity contribution in [3.05, 3.63) is 29.8 Å². The van der Waals surface area contributed by atoms with Gasteiger partial charge in [0.2, 0.25) is 10.0 Å². The predicted octanol–water partition coefficient (Wildman–Crippen LogP) is 1.52. The highest BCUT2D eigenvalue weighted by Gasteiger charge is 2.35. The largest absolute Gasteiger partial charge is 0.396 e. The fraction of sp³-hybridized carbons (Fsp3) is 0.500.